The molecule has 1 aliphatic carbocycles. The van der Waals surface area contributed by atoms with Crippen LogP contribution in [0.3, 0.4) is 0 Å². The number of aromatic nitrogens is 4. The van der Waals surface area contributed by atoms with Crippen LogP contribution < -0.4 is 4.74 Å². The zero-order valence-electron chi connectivity index (χ0n) is 15.0. The smallest absolute Gasteiger partial charge is 0.120 e. The summed E-state index contributed by atoms with van der Waals surface area (Å²) in [5.74, 6) is 0.868. The summed E-state index contributed by atoms with van der Waals surface area (Å²) in [6.45, 7) is -0.111. The molecule has 0 unspecified atom stereocenters. The standard InChI is InChI=1S/C21H20N4O2/c1-24-21-15(12-22-24)5-3-7-19(21)25-20(11-16(13-26)23-25)14-4-2-6-18(10-14)27-17-8-9-17/h2-7,10-12,17,26H,8-9,13H2,1H3. The second-order valence-corrected chi connectivity index (χ2v) is 6.92. The first-order valence-corrected chi connectivity index (χ1v) is 9.11. The Morgan fingerprint density at radius 1 is 1.15 bits per heavy atom. The molecule has 6 heteroatoms. The van der Waals surface area contributed by atoms with E-state index in [9.17, 15) is 5.11 Å². The Morgan fingerprint density at radius 3 is 2.81 bits per heavy atom. The predicted octanol–water partition coefficient (Wildman–Crippen LogP) is 3.46. The van der Waals surface area contributed by atoms with Gasteiger partial charge in [-0.2, -0.15) is 10.2 Å². The maximum atomic E-state index is 9.66. The van der Waals surface area contributed by atoms with Gasteiger partial charge in [0, 0.05) is 18.0 Å². The van der Waals surface area contributed by atoms with E-state index in [0.29, 0.717) is 11.8 Å². The van der Waals surface area contributed by atoms with E-state index in [0.717, 1.165) is 46.4 Å². The highest BCUT2D eigenvalue weighted by atomic mass is 16.5. The maximum Gasteiger partial charge on any atom is 0.120 e. The van der Waals surface area contributed by atoms with Gasteiger partial charge in [-0.25, -0.2) is 4.68 Å². The van der Waals surface area contributed by atoms with Crippen molar-refractivity contribution in [2.45, 2.75) is 25.6 Å². The lowest BCUT2D eigenvalue weighted by molar-refractivity contribution is 0.276. The van der Waals surface area contributed by atoms with E-state index in [2.05, 4.69) is 10.2 Å². The minimum Gasteiger partial charge on any atom is -0.490 e. The van der Waals surface area contributed by atoms with Crippen LogP contribution >= 0.6 is 0 Å². The van der Waals surface area contributed by atoms with E-state index < -0.39 is 0 Å². The molecule has 0 bridgehead atoms. The minimum absolute atomic E-state index is 0.111. The first-order valence-electron chi connectivity index (χ1n) is 9.11. The van der Waals surface area contributed by atoms with Gasteiger partial charge in [0.1, 0.15) is 5.75 Å². The molecule has 0 atom stereocenters. The third-order valence-corrected chi connectivity index (χ3v) is 4.85. The summed E-state index contributed by atoms with van der Waals surface area (Å²) in [5, 5.41) is 19.7. The summed E-state index contributed by atoms with van der Waals surface area (Å²) in [4.78, 5) is 0. The fourth-order valence-electron chi connectivity index (χ4n) is 3.39. The monoisotopic (exact) mass is 360 g/mol. The fourth-order valence-corrected chi connectivity index (χ4v) is 3.39. The summed E-state index contributed by atoms with van der Waals surface area (Å²) < 4.78 is 9.68. The first kappa shape index (κ1) is 16.1. The fraction of sp³-hybridized carbons (Fsp3) is 0.238. The molecule has 5 rings (SSSR count). The molecule has 1 aliphatic rings. The van der Waals surface area contributed by atoms with Crippen LogP contribution in [0.25, 0.3) is 27.8 Å². The Kier molecular flexibility index (Phi) is 3.72. The molecule has 27 heavy (non-hydrogen) atoms. The molecule has 2 heterocycles. The van der Waals surface area contributed by atoms with Gasteiger partial charge >= 0.3 is 0 Å². The number of nitrogens with zero attached hydrogens (tertiary/aromatic N) is 4. The van der Waals surface area contributed by atoms with E-state index in [1.165, 1.54) is 0 Å². The highest BCUT2D eigenvalue weighted by Crippen LogP contribution is 2.32. The molecule has 0 aliphatic heterocycles. The van der Waals surface area contributed by atoms with E-state index in [4.69, 9.17) is 4.74 Å². The van der Waals surface area contributed by atoms with E-state index in [1.54, 1.807) is 0 Å². The summed E-state index contributed by atoms with van der Waals surface area (Å²) >= 11 is 0. The average molecular weight is 360 g/mol. The Balaban J connectivity index is 1.68. The van der Waals surface area contributed by atoms with Crippen molar-refractivity contribution in [3.05, 3.63) is 60.4 Å². The van der Waals surface area contributed by atoms with Crippen LogP contribution in [0.2, 0.25) is 0 Å². The van der Waals surface area contributed by atoms with Crippen molar-refractivity contribution < 1.29 is 9.84 Å². The summed E-state index contributed by atoms with van der Waals surface area (Å²) in [5.41, 5.74) is 4.46. The Labute approximate surface area is 156 Å². The highest BCUT2D eigenvalue weighted by Gasteiger charge is 2.24. The van der Waals surface area contributed by atoms with Gasteiger partial charge in [0.2, 0.25) is 0 Å². The van der Waals surface area contributed by atoms with Crippen molar-refractivity contribution in [2.24, 2.45) is 7.05 Å². The van der Waals surface area contributed by atoms with E-state index in [1.807, 2.05) is 71.1 Å². The van der Waals surface area contributed by atoms with Crippen molar-refractivity contribution in [3.63, 3.8) is 0 Å². The number of aliphatic hydroxyl groups is 1. The number of ether oxygens (including phenoxy) is 1. The van der Waals surface area contributed by atoms with Crippen LogP contribution in [-0.2, 0) is 13.7 Å². The first-order chi connectivity index (χ1) is 13.2. The predicted molar refractivity (Wildman–Crippen MR) is 103 cm³/mol. The van der Waals surface area contributed by atoms with Crippen molar-refractivity contribution >= 4 is 10.9 Å². The van der Waals surface area contributed by atoms with E-state index in [-0.39, 0.29) is 6.61 Å². The third kappa shape index (κ3) is 2.88. The van der Waals surface area contributed by atoms with Gasteiger partial charge in [-0.05, 0) is 37.1 Å². The topological polar surface area (TPSA) is 65.1 Å². The molecule has 0 spiro atoms. The second kappa shape index (κ2) is 6.25. The van der Waals surface area contributed by atoms with Gasteiger partial charge in [0.15, 0.2) is 0 Å². The Morgan fingerprint density at radius 2 is 2.00 bits per heavy atom. The van der Waals surface area contributed by atoms with Gasteiger partial charge in [-0.3, -0.25) is 4.68 Å². The summed E-state index contributed by atoms with van der Waals surface area (Å²) in [6.07, 6.45) is 4.44. The largest absolute Gasteiger partial charge is 0.490 e. The van der Waals surface area contributed by atoms with Crippen LogP contribution in [0.15, 0.2) is 54.7 Å². The molecular formula is C21H20N4O2. The van der Waals surface area contributed by atoms with Crippen LogP contribution in [0.4, 0.5) is 0 Å². The average Bonchev–Trinajstić information content (AvgIpc) is 3.26. The number of benzene rings is 2. The molecule has 0 amide bonds. The lowest BCUT2D eigenvalue weighted by Crippen LogP contribution is -2.03. The zero-order chi connectivity index (χ0) is 18.4. The minimum atomic E-state index is -0.111. The molecule has 2 aromatic carbocycles. The quantitative estimate of drug-likeness (QED) is 0.592. The zero-order valence-corrected chi connectivity index (χ0v) is 15.0. The lowest BCUT2D eigenvalue weighted by atomic mass is 10.1. The normalized spacial score (nSPS) is 14.0. The number of fused-ring (bicyclic) bond motifs is 1. The Hall–Kier alpha value is -3.12. The summed E-state index contributed by atoms with van der Waals surface area (Å²) in [7, 11) is 1.92. The lowest BCUT2D eigenvalue weighted by Gasteiger charge is -2.11. The molecule has 2 aromatic heterocycles. The number of hydrogen-bond donors (Lipinski definition) is 1. The molecule has 6 nitrogen and oxygen atoms in total. The van der Waals surface area contributed by atoms with Gasteiger partial charge in [0.05, 0.1) is 41.5 Å². The number of aliphatic hydroxyl groups excluding tert-OH is 1. The molecule has 1 saturated carbocycles. The Bertz CT molecular complexity index is 1120. The van der Waals surface area contributed by atoms with Crippen molar-refractivity contribution in [1.82, 2.24) is 19.6 Å². The van der Waals surface area contributed by atoms with Gasteiger partial charge < -0.3 is 9.84 Å². The van der Waals surface area contributed by atoms with Crippen molar-refractivity contribution in [2.75, 3.05) is 0 Å². The molecule has 1 N–H and O–H groups in total. The molecule has 4 aromatic rings. The second-order valence-electron chi connectivity index (χ2n) is 6.92. The number of hydrogen-bond acceptors (Lipinski definition) is 4. The van der Waals surface area contributed by atoms with E-state index >= 15 is 0 Å². The highest BCUT2D eigenvalue weighted by molar-refractivity contribution is 5.87. The number of aryl methyl sites for hydroxylation is 1. The number of rotatable bonds is 5. The maximum absolute atomic E-state index is 9.66. The van der Waals surface area contributed by atoms with Crippen LogP contribution in [0, 0.1) is 0 Å². The third-order valence-electron chi connectivity index (χ3n) is 4.85. The van der Waals surface area contributed by atoms with Crippen molar-refractivity contribution in [3.8, 4) is 22.7 Å². The van der Waals surface area contributed by atoms with Crippen molar-refractivity contribution in [1.29, 1.82) is 0 Å². The SMILES string of the molecule is Cn1ncc2cccc(-n3nc(CO)cc3-c3cccc(OC4CC4)c3)c21. The molecule has 1 fully saturated rings. The van der Waals surface area contributed by atoms with Gasteiger partial charge in [-0.15, -0.1) is 0 Å². The van der Waals surface area contributed by atoms with Gasteiger partial charge in [-0.1, -0.05) is 24.3 Å². The van der Waals surface area contributed by atoms with Crippen LogP contribution in [-0.4, -0.2) is 30.8 Å². The van der Waals surface area contributed by atoms with Crippen LogP contribution in [0.1, 0.15) is 18.5 Å². The molecule has 0 radical (unpaired) electrons. The molecule has 136 valence electrons. The van der Waals surface area contributed by atoms with Gasteiger partial charge in [0.25, 0.3) is 0 Å². The van der Waals surface area contributed by atoms with Crippen LogP contribution in [0.5, 0.6) is 5.75 Å². The number of para-hydroxylation sites is 1. The molecular weight excluding hydrogens is 340 g/mol. The summed E-state index contributed by atoms with van der Waals surface area (Å²) in [6, 6.07) is 16.0. The molecule has 0 saturated heterocycles.